The second-order valence-electron chi connectivity index (χ2n) is 10.1. The second-order valence-corrected chi connectivity index (χ2v) is 10.1. The minimum Gasteiger partial charge on any atom is -0.350 e. The van der Waals surface area contributed by atoms with E-state index in [0.717, 1.165) is 29.7 Å². The lowest BCUT2D eigenvalue weighted by atomic mass is 9.89. The van der Waals surface area contributed by atoms with Gasteiger partial charge in [-0.2, -0.15) is 13.2 Å². The monoisotopic (exact) mass is 496 g/mol. The Hall–Kier alpha value is -2.62. The third kappa shape index (κ3) is 5.32. The molecule has 1 saturated carbocycles. The maximum atomic E-state index is 14.1. The van der Waals surface area contributed by atoms with Crippen LogP contribution in [0.3, 0.4) is 0 Å². The summed E-state index contributed by atoms with van der Waals surface area (Å²) in [6, 6.07) is 2.36. The minimum absolute atomic E-state index is 0.0364. The fraction of sp³-hybridized carbons (Fsp3) is 0.600. The number of amides is 2. The first-order valence-electron chi connectivity index (χ1n) is 12.2. The molecule has 2 aliphatic rings. The molecular weight excluding hydrogens is 464 g/mol. The first kappa shape index (κ1) is 25.5. The lowest BCUT2D eigenvalue weighted by molar-refractivity contribution is -0.204. The first-order chi connectivity index (χ1) is 16.5. The van der Waals surface area contributed by atoms with Crippen LogP contribution in [0.15, 0.2) is 18.2 Å². The van der Waals surface area contributed by atoms with Gasteiger partial charge in [0.25, 0.3) is 5.91 Å². The van der Waals surface area contributed by atoms with E-state index in [1.165, 1.54) is 12.1 Å². The molecule has 0 spiro atoms. The fourth-order valence-electron chi connectivity index (χ4n) is 5.35. The number of hydrogen-bond donors (Lipinski definition) is 2. The molecule has 2 aromatic rings. The summed E-state index contributed by atoms with van der Waals surface area (Å²) in [4.78, 5) is 31.1. The van der Waals surface area contributed by atoms with Gasteiger partial charge in [0.15, 0.2) is 0 Å². The number of nitrogens with one attached hydrogen (secondary N) is 2. The van der Waals surface area contributed by atoms with Crippen LogP contribution in [0, 0.1) is 18.7 Å². The Morgan fingerprint density at radius 1 is 1.17 bits per heavy atom. The number of carbonyl (C=O) groups is 2. The number of piperazine rings is 1. The van der Waals surface area contributed by atoms with E-state index in [2.05, 4.69) is 10.3 Å². The van der Waals surface area contributed by atoms with Crippen molar-refractivity contribution in [3.8, 4) is 0 Å². The number of aryl methyl sites for hydroxylation is 1. The quantitative estimate of drug-likeness (QED) is 0.617. The fourth-order valence-corrected chi connectivity index (χ4v) is 5.35. The third-order valence-electron chi connectivity index (χ3n) is 7.26. The Kier molecular flexibility index (Phi) is 7.13. The zero-order chi connectivity index (χ0) is 25.5. The molecule has 2 N–H and O–H groups in total. The van der Waals surface area contributed by atoms with E-state index in [0.29, 0.717) is 23.9 Å². The molecule has 6 nitrogen and oxygen atoms in total. The Labute approximate surface area is 202 Å². The molecule has 2 amide bonds. The molecule has 1 aromatic carbocycles. The molecule has 2 fully saturated rings. The first-order valence-corrected chi connectivity index (χ1v) is 12.2. The summed E-state index contributed by atoms with van der Waals surface area (Å²) < 4.78 is 55.6. The Morgan fingerprint density at radius 2 is 1.91 bits per heavy atom. The molecule has 35 heavy (non-hydrogen) atoms. The predicted octanol–water partition coefficient (Wildman–Crippen LogP) is 4.39. The van der Waals surface area contributed by atoms with E-state index in [1.807, 2.05) is 11.8 Å². The normalized spacial score (nSPS) is 24.2. The summed E-state index contributed by atoms with van der Waals surface area (Å²) in [7, 11) is 0. The number of halogens is 4. The molecule has 0 bridgehead atoms. The molecule has 2 heterocycles. The van der Waals surface area contributed by atoms with Gasteiger partial charge in [-0.1, -0.05) is 19.9 Å². The van der Waals surface area contributed by atoms with Crippen LogP contribution in [0.1, 0.15) is 55.6 Å². The number of alkyl halides is 3. The van der Waals surface area contributed by atoms with Crippen molar-refractivity contribution in [3.05, 3.63) is 35.3 Å². The topological polar surface area (TPSA) is 68.4 Å². The van der Waals surface area contributed by atoms with Crippen molar-refractivity contribution >= 4 is 22.7 Å². The van der Waals surface area contributed by atoms with Crippen molar-refractivity contribution in [2.24, 2.45) is 5.92 Å². The molecule has 10 heteroatoms. The Balaban J connectivity index is 1.43. The largest absolute Gasteiger partial charge is 0.410 e. The summed E-state index contributed by atoms with van der Waals surface area (Å²) in [6.07, 6.45) is -1.73. The molecular formula is C25H32F4N4O2. The van der Waals surface area contributed by atoms with Gasteiger partial charge >= 0.3 is 6.18 Å². The number of carbonyl (C=O) groups excluding carboxylic acids is 2. The summed E-state index contributed by atoms with van der Waals surface area (Å²) in [5.41, 5.74) is 1.66. The smallest absolute Gasteiger partial charge is 0.350 e. The van der Waals surface area contributed by atoms with Gasteiger partial charge in [-0.3, -0.25) is 14.5 Å². The standard InChI is InChI=1S/C25H32F4N4O2/c1-14(2)24(35)33-10-9-32(13-21(33)25(27,28)29)17-6-4-5-16(11-17)30-23(34)20-12-18-19(26)8-7-15(3)22(18)31-20/h7-8,12,14,16-17,21,31H,4-6,9-11,13H2,1-3H3,(H,30,34)/t16-,17-,21?/m1/s1. The highest BCUT2D eigenvalue weighted by molar-refractivity contribution is 5.99. The van der Waals surface area contributed by atoms with Crippen molar-refractivity contribution in [1.29, 1.82) is 0 Å². The molecule has 0 radical (unpaired) electrons. The zero-order valence-electron chi connectivity index (χ0n) is 20.2. The SMILES string of the molecule is Cc1ccc(F)c2cc(C(=O)N[C@@H]3CCC[C@@H](N4CCN(C(=O)C(C)C)C(C(F)(F)F)C4)C3)[nH]c12. The van der Waals surface area contributed by atoms with Crippen molar-refractivity contribution in [2.45, 2.75) is 70.8 Å². The highest BCUT2D eigenvalue weighted by Crippen LogP contribution is 2.32. The van der Waals surface area contributed by atoms with E-state index in [-0.39, 0.29) is 36.8 Å². The van der Waals surface area contributed by atoms with Crippen LogP contribution >= 0.6 is 0 Å². The van der Waals surface area contributed by atoms with E-state index < -0.39 is 29.9 Å². The van der Waals surface area contributed by atoms with Gasteiger partial charge < -0.3 is 15.2 Å². The molecule has 4 rings (SSSR count). The number of benzene rings is 1. The lowest BCUT2D eigenvalue weighted by Gasteiger charge is -2.47. The second kappa shape index (κ2) is 9.79. The van der Waals surface area contributed by atoms with Crippen molar-refractivity contribution in [2.75, 3.05) is 19.6 Å². The van der Waals surface area contributed by atoms with Gasteiger partial charge in [0.05, 0.1) is 5.52 Å². The van der Waals surface area contributed by atoms with Gasteiger partial charge in [0.1, 0.15) is 17.6 Å². The molecule has 1 aliphatic carbocycles. The minimum atomic E-state index is -4.51. The summed E-state index contributed by atoms with van der Waals surface area (Å²) in [5, 5.41) is 3.33. The van der Waals surface area contributed by atoms with Gasteiger partial charge in [-0.25, -0.2) is 4.39 Å². The van der Waals surface area contributed by atoms with E-state index in [9.17, 15) is 27.2 Å². The highest BCUT2D eigenvalue weighted by atomic mass is 19.4. The zero-order valence-corrected chi connectivity index (χ0v) is 20.2. The Morgan fingerprint density at radius 3 is 2.57 bits per heavy atom. The number of fused-ring (bicyclic) bond motifs is 1. The van der Waals surface area contributed by atoms with Crippen LogP contribution in [-0.2, 0) is 4.79 Å². The van der Waals surface area contributed by atoms with Crippen molar-refractivity contribution < 1.29 is 27.2 Å². The molecule has 1 aliphatic heterocycles. The highest BCUT2D eigenvalue weighted by Gasteiger charge is 2.49. The van der Waals surface area contributed by atoms with Gasteiger partial charge in [-0.15, -0.1) is 0 Å². The third-order valence-corrected chi connectivity index (χ3v) is 7.26. The number of hydrogen-bond acceptors (Lipinski definition) is 3. The van der Waals surface area contributed by atoms with Gasteiger partial charge in [-0.05, 0) is 50.3 Å². The number of rotatable bonds is 4. The molecule has 1 unspecified atom stereocenters. The number of aromatic nitrogens is 1. The van der Waals surface area contributed by atoms with Crippen molar-refractivity contribution in [3.63, 3.8) is 0 Å². The average Bonchev–Trinajstić information content (AvgIpc) is 3.27. The summed E-state index contributed by atoms with van der Waals surface area (Å²) in [5.74, 6) is -1.74. The summed E-state index contributed by atoms with van der Waals surface area (Å²) in [6.45, 7) is 5.20. The summed E-state index contributed by atoms with van der Waals surface area (Å²) >= 11 is 0. The van der Waals surface area contributed by atoms with Crippen LogP contribution in [0.4, 0.5) is 17.6 Å². The maximum Gasteiger partial charge on any atom is 0.410 e. The van der Waals surface area contributed by atoms with Crippen LogP contribution in [0.2, 0.25) is 0 Å². The number of nitrogens with zero attached hydrogens (tertiary/aromatic N) is 2. The van der Waals surface area contributed by atoms with Crippen molar-refractivity contribution in [1.82, 2.24) is 20.1 Å². The van der Waals surface area contributed by atoms with Gasteiger partial charge in [0, 0.05) is 43.0 Å². The maximum absolute atomic E-state index is 14.1. The van der Waals surface area contributed by atoms with Gasteiger partial charge in [0.2, 0.25) is 5.91 Å². The van der Waals surface area contributed by atoms with E-state index in [1.54, 1.807) is 19.9 Å². The molecule has 1 saturated heterocycles. The molecule has 1 aromatic heterocycles. The van der Waals surface area contributed by atoms with Crippen LogP contribution in [0.25, 0.3) is 10.9 Å². The molecule has 192 valence electrons. The van der Waals surface area contributed by atoms with E-state index >= 15 is 0 Å². The van der Waals surface area contributed by atoms with Crippen LogP contribution in [-0.4, -0.2) is 70.5 Å². The van der Waals surface area contributed by atoms with E-state index in [4.69, 9.17) is 0 Å². The number of H-pyrrole nitrogens is 1. The average molecular weight is 497 g/mol. The Bertz CT molecular complexity index is 1060. The lowest BCUT2D eigenvalue weighted by Crippen LogP contribution is -2.63. The number of aromatic amines is 1. The molecule has 3 atom stereocenters. The predicted molar refractivity (Wildman–Crippen MR) is 124 cm³/mol. The van der Waals surface area contributed by atoms with Crippen LogP contribution < -0.4 is 5.32 Å². The van der Waals surface area contributed by atoms with Crippen LogP contribution in [0.5, 0.6) is 0 Å².